The third-order valence-electron chi connectivity index (χ3n) is 5.72. The predicted octanol–water partition coefficient (Wildman–Crippen LogP) is 1.90. The van der Waals surface area contributed by atoms with Gasteiger partial charge in [0.1, 0.15) is 18.9 Å². The summed E-state index contributed by atoms with van der Waals surface area (Å²) in [5, 5.41) is 3.47. The molecule has 1 atom stereocenters. The molecule has 2 aliphatic heterocycles. The Bertz CT molecular complexity index is 690. The molecule has 180 valence electrons. The molecule has 3 rings (SSSR count). The molecule has 2 heterocycles. The number of nitrogens with zero attached hydrogens (tertiary/aromatic N) is 4. The lowest BCUT2D eigenvalue weighted by molar-refractivity contribution is -0.127. The maximum atomic E-state index is 12.0. The smallest absolute Gasteiger partial charge is 0.243 e. The molecule has 1 N–H and O–H groups in total. The number of halogens is 1. The van der Waals surface area contributed by atoms with Crippen molar-refractivity contribution < 1.29 is 14.3 Å². The Morgan fingerprint density at radius 3 is 2.59 bits per heavy atom. The van der Waals surface area contributed by atoms with E-state index in [4.69, 9.17) is 9.47 Å². The number of aliphatic imine (C=N–C) groups is 1. The van der Waals surface area contributed by atoms with Gasteiger partial charge in [0.05, 0.1) is 6.10 Å². The zero-order chi connectivity index (χ0) is 21.9. The number of carbonyl (C=O) groups is 1. The van der Waals surface area contributed by atoms with Crippen molar-refractivity contribution in [3.63, 3.8) is 0 Å². The Morgan fingerprint density at radius 1 is 1.19 bits per heavy atom. The number of carbonyl (C=O) groups excluding carboxylic acids is 1. The number of guanidine groups is 1. The standard InChI is InChI=1S/C23H37N5O3.HI/c1-26(2)22(29)19-25-23(24-18-21-10-6-7-16-30-21)28-13-11-27(12-14-28)15-17-31-20-8-4-3-5-9-20;/h3-5,8-9,21H,6-7,10-19H2,1-2H3,(H,24,25);1H. The van der Waals surface area contributed by atoms with Crippen molar-refractivity contribution in [1.29, 1.82) is 0 Å². The van der Waals surface area contributed by atoms with Crippen molar-refractivity contribution in [3.8, 4) is 5.75 Å². The van der Waals surface area contributed by atoms with E-state index >= 15 is 0 Å². The second-order valence-electron chi connectivity index (χ2n) is 8.29. The van der Waals surface area contributed by atoms with E-state index in [9.17, 15) is 4.79 Å². The molecular formula is C23H38IN5O3. The summed E-state index contributed by atoms with van der Waals surface area (Å²) < 4.78 is 11.7. The lowest BCUT2D eigenvalue weighted by atomic mass is 10.1. The van der Waals surface area contributed by atoms with E-state index in [-0.39, 0.29) is 42.5 Å². The number of piperazine rings is 1. The molecule has 1 amide bonds. The van der Waals surface area contributed by atoms with Crippen molar-refractivity contribution in [3.05, 3.63) is 30.3 Å². The molecule has 0 spiro atoms. The molecule has 8 nitrogen and oxygen atoms in total. The highest BCUT2D eigenvalue weighted by molar-refractivity contribution is 14.0. The van der Waals surface area contributed by atoms with Crippen LogP contribution in [0.25, 0.3) is 0 Å². The number of para-hydroxylation sites is 1. The molecular weight excluding hydrogens is 521 g/mol. The molecule has 0 aromatic heterocycles. The molecule has 1 unspecified atom stereocenters. The molecule has 1 aromatic carbocycles. The molecule has 0 radical (unpaired) electrons. The number of rotatable bonds is 8. The molecule has 1 aromatic rings. The van der Waals surface area contributed by atoms with Gasteiger partial charge in [-0.25, -0.2) is 4.99 Å². The van der Waals surface area contributed by atoms with Gasteiger partial charge in [-0.15, -0.1) is 24.0 Å². The van der Waals surface area contributed by atoms with Gasteiger partial charge in [-0.1, -0.05) is 18.2 Å². The highest BCUT2D eigenvalue weighted by atomic mass is 127. The molecule has 32 heavy (non-hydrogen) atoms. The van der Waals surface area contributed by atoms with Crippen molar-refractivity contribution in [2.75, 3.05) is 73.1 Å². The molecule has 2 saturated heterocycles. The summed E-state index contributed by atoms with van der Waals surface area (Å²) in [5.41, 5.74) is 0. The van der Waals surface area contributed by atoms with Crippen molar-refractivity contribution in [2.45, 2.75) is 25.4 Å². The maximum absolute atomic E-state index is 12.0. The van der Waals surface area contributed by atoms with Crippen molar-refractivity contribution >= 4 is 35.8 Å². The Hall–Kier alpha value is -1.59. The summed E-state index contributed by atoms with van der Waals surface area (Å²) in [4.78, 5) is 22.9. The second kappa shape index (κ2) is 14.5. The quantitative estimate of drug-likeness (QED) is 0.298. The van der Waals surface area contributed by atoms with E-state index < -0.39 is 0 Å². The summed E-state index contributed by atoms with van der Waals surface area (Å²) in [5.74, 6) is 1.73. The minimum absolute atomic E-state index is 0. The molecule has 9 heteroatoms. The number of likely N-dealkylation sites (N-methyl/N-ethyl adjacent to an activating group) is 1. The fourth-order valence-corrected chi connectivity index (χ4v) is 3.72. The Labute approximate surface area is 209 Å². The van der Waals surface area contributed by atoms with Gasteiger partial charge < -0.3 is 24.6 Å². The van der Waals surface area contributed by atoms with Crippen LogP contribution < -0.4 is 10.1 Å². The molecule has 0 bridgehead atoms. The summed E-state index contributed by atoms with van der Waals surface area (Å²) in [6.07, 6.45) is 3.65. The third kappa shape index (κ3) is 9.11. The van der Waals surface area contributed by atoms with E-state index in [0.29, 0.717) is 6.61 Å². The van der Waals surface area contributed by atoms with Crippen LogP contribution in [-0.2, 0) is 9.53 Å². The van der Waals surface area contributed by atoms with Crippen LogP contribution in [0.1, 0.15) is 19.3 Å². The zero-order valence-electron chi connectivity index (χ0n) is 19.4. The van der Waals surface area contributed by atoms with Crippen molar-refractivity contribution in [1.82, 2.24) is 20.0 Å². The van der Waals surface area contributed by atoms with Crippen LogP contribution in [0.3, 0.4) is 0 Å². The van der Waals surface area contributed by atoms with Crippen LogP contribution in [0.4, 0.5) is 0 Å². The summed E-state index contributed by atoms with van der Waals surface area (Å²) in [6, 6.07) is 9.93. The van der Waals surface area contributed by atoms with Gasteiger partial charge in [0.25, 0.3) is 0 Å². The Morgan fingerprint density at radius 2 is 1.94 bits per heavy atom. The van der Waals surface area contributed by atoms with E-state index in [2.05, 4.69) is 20.1 Å². The molecule has 2 fully saturated rings. The minimum atomic E-state index is 0. The molecule has 2 aliphatic rings. The topological polar surface area (TPSA) is 69.6 Å². The highest BCUT2D eigenvalue weighted by Crippen LogP contribution is 2.12. The van der Waals surface area contributed by atoms with Crippen LogP contribution in [0.2, 0.25) is 0 Å². The lowest BCUT2D eigenvalue weighted by Crippen LogP contribution is -2.54. The van der Waals surface area contributed by atoms with Gasteiger partial charge >= 0.3 is 0 Å². The number of amides is 1. The normalized spacial score (nSPS) is 19.8. The van der Waals surface area contributed by atoms with Crippen LogP contribution >= 0.6 is 24.0 Å². The number of benzene rings is 1. The van der Waals surface area contributed by atoms with Gasteiger partial charge in [-0.05, 0) is 31.4 Å². The first kappa shape index (κ1) is 26.7. The van der Waals surface area contributed by atoms with E-state index in [1.807, 2.05) is 30.3 Å². The van der Waals surface area contributed by atoms with E-state index in [1.54, 1.807) is 19.0 Å². The first-order valence-corrected chi connectivity index (χ1v) is 11.4. The number of hydrogen-bond donors (Lipinski definition) is 1. The first-order chi connectivity index (χ1) is 15.1. The van der Waals surface area contributed by atoms with Gasteiger partial charge in [-0.2, -0.15) is 0 Å². The average molecular weight is 559 g/mol. The maximum Gasteiger partial charge on any atom is 0.243 e. The Balaban J connectivity index is 0.00000363. The SMILES string of the molecule is CN(C)C(=O)CN=C(NCC1CCCCO1)N1CCN(CCOc2ccccc2)CC1.I. The van der Waals surface area contributed by atoms with Gasteiger partial charge in [-0.3, -0.25) is 9.69 Å². The summed E-state index contributed by atoms with van der Waals surface area (Å²) in [6.45, 7) is 6.95. The highest BCUT2D eigenvalue weighted by Gasteiger charge is 2.22. The van der Waals surface area contributed by atoms with Gasteiger partial charge in [0, 0.05) is 60.0 Å². The summed E-state index contributed by atoms with van der Waals surface area (Å²) >= 11 is 0. The van der Waals surface area contributed by atoms with E-state index in [1.165, 1.54) is 6.42 Å². The first-order valence-electron chi connectivity index (χ1n) is 11.4. The van der Waals surface area contributed by atoms with Gasteiger partial charge in [0.2, 0.25) is 5.91 Å². The number of nitrogens with one attached hydrogen (secondary N) is 1. The monoisotopic (exact) mass is 559 g/mol. The average Bonchev–Trinajstić information content (AvgIpc) is 2.81. The Kier molecular flexibility index (Phi) is 12.1. The van der Waals surface area contributed by atoms with Gasteiger partial charge in [0.15, 0.2) is 5.96 Å². The van der Waals surface area contributed by atoms with Crippen LogP contribution in [0.5, 0.6) is 5.75 Å². The number of hydrogen-bond acceptors (Lipinski definition) is 5. The van der Waals surface area contributed by atoms with Crippen molar-refractivity contribution in [2.24, 2.45) is 4.99 Å². The second-order valence-corrected chi connectivity index (χ2v) is 8.29. The number of ether oxygens (including phenoxy) is 2. The van der Waals surface area contributed by atoms with Crippen LogP contribution in [0, 0.1) is 0 Å². The van der Waals surface area contributed by atoms with Crippen LogP contribution in [0.15, 0.2) is 35.3 Å². The zero-order valence-corrected chi connectivity index (χ0v) is 21.7. The molecule has 0 saturated carbocycles. The predicted molar refractivity (Wildman–Crippen MR) is 138 cm³/mol. The lowest BCUT2D eigenvalue weighted by Gasteiger charge is -2.37. The minimum Gasteiger partial charge on any atom is -0.492 e. The fourth-order valence-electron chi connectivity index (χ4n) is 3.72. The largest absolute Gasteiger partial charge is 0.492 e. The van der Waals surface area contributed by atoms with Crippen LogP contribution in [-0.4, -0.2) is 106 Å². The molecule has 0 aliphatic carbocycles. The summed E-state index contributed by atoms with van der Waals surface area (Å²) in [7, 11) is 3.52. The van der Waals surface area contributed by atoms with E-state index in [0.717, 1.165) is 70.4 Å². The third-order valence-corrected chi connectivity index (χ3v) is 5.72. The fraction of sp³-hybridized carbons (Fsp3) is 0.652.